The Bertz CT molecular complexity index is 217. The minimum Gasteiger partial charge on any atom is -0.393 e. The second-order valence-electron chi connectivity index (χ2n) is 4.90. The molecule has 0 radical (unpaired) electrons. The van der Waals surface area contributed by atoms with Crippen LogP contribution in [0.15, 0.2) is 0 Å². The van der Waals surface area contributed by atoms with Crippen LogP contribution in [0.4, 0.5) is 8.78 Å². The Morgan fingerprint density at radius 2 is 2.00 bits per heavy atom. The van der Waals surface area contributed by atoms with E-state index in [2.05, 4.69) is 0 Å². The van der Waals surface area contributed by atoms with E-state index in [-0.39, 0.29) is 18.4 Å². The van der Waals surface area contributed by atoms with Gasteiger partial charge in [-0.3, -0.25) is 0 Å². The van der Waals surface area contributed by atoms with Gasteiger partial charge in [0.05, 0.1) is 6.10 Å². The Morgan fingerprint density at radius 1 is 1.38 bits per heavy atom. The Hall–Kier alpha value is -0.180. The normalized spacial score (nSPS) is 48.0. The van der Waals surface area contributed by atoms with Crippen molar-refractivity contribution in [1.29, 1.82) is 0 Å². The molecule has 0 saturated heterocycles. The van der Waals surface area contributed by atoms with Crippen molar-refractivity contribution in [2.45, 2.75) is 51.1 Å². The number of hydrogen-bond acceptors (Lipinski definition) is 1. The molecule has 3 heteroatoms. The van der Waals surface area contributed by atoms with Crippen LogP contribution in [0, 0.1) is 11.3 Å². The van der Waals surface area contributed by atoms with Crippen LogP contribution < -0.4 is 0 Å². The van der Waals surface area contributed by atoms with Gasteiger partial charge in [-0.15, -0.1) is 0 Å². The molecule has 0 bridgehead atoms. The Morgan fingerprint density at radius 3 is 2.38 bits per heavy atom. The summed E-state index contributed by atoms with van der Waals surface area (Å²) in [6.45, 7) is 1.64. The van der Waals surface area contributed by atoms with Gasteiger partial charge in [-0.05, 0) is 25.2 Å². The SMILES string of the molecule is CC1(C[C@@H]2CCC[C@H]2O)CC1(F)F. The number of alkyl halides is 2. The zero-order chi connectivity index (χ0) is 9.69. The van der Waals surface area contributed by atoms with Crippen molar-refractivity contribution in [2.75, 3.05) is 0 Å². The maximum atomic E-state index is 12.9. The van der Waals surface area contributed by atoms with E-state index in [1.54, 1.807) is 6.92 Å². The van der Waals surface area contributed by atoms with Gasteiger partial charge in [0.1, 0.15) is 0 Å². The third-order valence-corrected chi connectivity index (χ3v) is 3.70. The summed E-state index contributed by atoms with van der Waals surface area (Å²) in [5.41, 5.74) is -0.803. The first-order chi connectivity index (χ1) is 5.95. The number of hydrogen-bond donors (Lipinski definition) is 1. The molecule has 1 nitrogen and oxygen atoms in total. The van der Waals surface area contributed by atoms with Gasteiger partial charge in [-0.25, -0.2) is 8.78 Å². The summed E-state index contributed by atoms with van der Waals surface area (Å²) < 4.78 is 25.8. The highest BCUT2D eigenvalue weighted by Crippen LogP contribution is 2.64. The van der Waals surface area contributed by atoms with Crippen LogP contribution >= 0.6 is 0 Å². The van der Waals surface area contributed by atoms with Gasteiger partial charge >= 0.3 is 0 Å². The molecule has 1 unspecified atom stereocenters. The summed E-state index contributed by atoms with van der Waals surface area (Å²) in [4.78, 5) is 0. The Labute approximate surface area is 77.1 Å². The molecule has 2 fully saturated rings. The van der Waals surface area contributed by atoms with E-state index in [1.165, 1.54) is 0 Å². The molecular formula is C10H16F2O. The number of rotatable bonds is 2. The zero-order valence-corrected chi connectivity index (χ0v) is 7.89. The van der Waals surface area contributed by atoms with Crippen molar-refractivity contribution >= 4 is 0 Å². The molecule has 2 rings (SSSR count). The van der Waals surface area contributed by atoms with Gasteiger partial charge in [0.25, 0.3) is 5.92 Å². The summed E-state index contributed by atoms with van der Waals surface area (Å²) in [7, 11) is 0. The van der Waals surface area contributed by atoms with Gasteiger partial charge in [0.2, 0.25) is 0 Å². The fourth-order valence-electron chi connectivity index (χ4n) is 2.50. The van der Waals surface area contributed by atoms with Crippen LogP contribution in [0.5, 0.6) is 0 Å². The lowest BCUT2D eigenvalue weighted by Gasteiger charge is -2.18. The van der Waals surface area contributed by atoms with Crippen LogP contribution in [0.1, 0.15) is 39.0 Å². The largest absolute Gasteiger partial charge is 0.393 e. The van der Waals surface area contributed by atoms with Crippen molar-refractivity contribution in [1.82, 2.24) is 0 Å². The van der Waals surface area contributed by atoms with Gasteiger partial charge in [-0.1, -0.05) is 13.3 Å². The molecule has 2 saturated carbocycles. The van der Waals surface area contributed by atoms with Gasteiger partial charge in [0.15, 0.2) is 0 Å². The molecule has 0 spiro atoms. The first kappa shape index (κ1) is 9.38. The van der Waals surface area contributed by atoms with Gasteiger partial charge < -0.3 is 5.11 Å². The maximum absolute atomic E-state index is 12.9. The minimum absolute atomic E-state index is 0.0171. The van der Waals surface area contributed by atoms with E-state index < -0.39 is 11.3 Å². The lowest BCUT2D eigenvalue weighted by Crippen LogP contribution is -2.19. The van der Waals surface area contributed by atoms with Crippen molar-refractivity contribution in [3.63, 3.8) is 0 Å². The molecule has 0 heterocycles. The average molecular weight is 190 g/mol. The highest BCUT2D eigenvalue weighted by Gasteiger charge is 2.68. The second kappa shape index (κ2) is 2.66. The first-order valence-corrected chi connectivity index (χ1v) is 5.00. The summed E-state index contributed by atoms with van der Waals surface area (Å²) in [5, 5.41) is 9.51. The predicted octanol–water partition coefficient (Wildman–Crippen LogP) is 2.58. The maximum Gasteiger partial charge on any atom is 0.254 e. The summed E-state index contributed by atoms with van der Waals surface area (Å²) >= 11 is 0. The highest BCUT2D eigenvalue weighted by molar-refractivity contribution is 5.08. The standard InChI is InChI=1S/C10H16F2O/c1-9(6-10(9,11)12)5-7-3-2-4-8(7)13/h7-8,13H,2-6H2,1H3/t7-,8+,9?/m0/s1. The smallest absolute Gasteiger partial charge is 0.254 e. The number of aliphatic hydroxyl groups is 1. The van der Waals surface area contributed by atoms with E-state index in [1.807, 2.05) is 0 Å². The second-order valence-corrected chi connectivity index (χ2v) is 4.90. The summed E-state index contributed by atoms with van der Waals surface area (Å²) in [6, 6.07) is 0. The molecule has 3 atom stereocenters. The summed E-state index contributed by atoms with van der Waals surface area (Å²) in [6.07, 6.45) is 2.91. The van der Waals surface area contributed by atoms with Crippen molar-refractivity contribution < 1.29 is 13.9 Å². The van der Waals surface area contributed by atoms with E-state index in [0.717, 1.165) is 19.3 Å². The number of aliphatic hydroxyl groups excluding tert-OH is 1. The Balaban J connectivity index is 1.92. The van der Waals surface area contributed by atoms with E-state index in [4.69, 9.17) is 0 Å². The van der Waals surface area contributed by atoms with Gasteiger partial charge in [-0.2, -0.15) is 0 Å². The first-order valence-electron chi connectivity index (χ1n) is 5.00. The van der Waals surface area contributed by atoms with Crippen molar-refractivity contribution in [3.05, 3.63) is 0 Å². The van der Waals surface area contributed by atoms with Crippen LogP contribution in [0.3, 0.4) is 0 Å². The molecule has 2 aliphatic rings. The van der Waals surface area contributed by atoms with E-state index in [0.29, 0.717) is 6.42 Å². The number of halogens is 2. The molecule has 0 aromatic heterocycles. The van der Waals surface area contributed by atoms with Gasteiger partial charge in [0, 0.05) is 11.8 Å². The van der Waals surface area contributed by atoms with Crippen molar-refractivity contribution in [2.24, 2.45) is 11.3 Å². The Kier molecular flexibility index (Phi) is 1.92. The molecule has 0 amide bonds. The zero-order valence-electron chi connectivity index (χ0n) is 7.89. The van der Waals surface area contributed by atoms with E-state index >= 15 is 0 Å². The molecule has 0 aliphatic heterocycles. The lowest BCUT2D eigenvalue weighted by atomic mass is 9.90. The van der Waals surface area contributed by atoms with E-state index in [9.17, 15) is 13.9 Å². The predicted molar refractivity (Wildman–Crippen MR) is 45.6 cm³/mol. The van der Waals surface area contributed by atoms with Crippen LogP contribution in [-0.4, -0.2) is 17.1 Å². The summed E-state index contributed by atoms with van der Waals surface area (Å²) in [5.74, 6) is -2.34. The fourth-order valence-corrected chi connectivity index (χ4v) is 2.50. The average Bonchev–Trinajstić information content (AvgIpc) is 2.37. The van der Waals surface area contributed by atoms with Crippen LogP contribution in [0.2, 0.25) is 0 Å². The monoisotopic (exact) mass is 190 g/mol. The van der Waals surface area contributed by atoms with Crippen molar-refractivity contribution in [3.8, 4) is 0 Å². The third kappa shape index (κ3) is 1.47. The molecule has 0 aromatic carbocycles. The van der Waals surface area contributed by atoms with Crippen LogP contribution in [-0.2, 0) is 0 Å². The lowest BCUT2D eigenvalue weighted by molar-refractivity contribution is 0.0456. The highest BCUT2D eigenvalue weighted by atomic mass is 19.3. The topological polar surface area (TPSA) is 20.2 Å². The third-order valence-electron chi connectivity index (χ3n) is 3.70. The molecular weight excluding hydrogens is 174 g/mol. The van der Waals surface area contributed by atoms with Crippen LogP contribution in [0.25, 0.3) is 0 Å². The minimum atomic E-state index is -2.46. The quantitative estimate of drug-likeness (QED) is 0.709. The molecule has 13 heavy (non-hydrogen) atoms. The molecule has 76 valence electrons. The molecule has 2 aliphatic carbocycles. The molecule has 0 aromatic rings. The molecule has 1 N–H and O–H groups in total. The fraction of sp³-hybridized carbons (Fsp3) is 1.00.